The zero-order chi connectivity index (χ0) is 30.9. The number of halogens is 2. The fraction of sp³-hybridized carbons (Fsp3) is 0.469. The second kappa shape index (κ2) is 15.0. The number of rotatable bonds is 15. The van der Waals surface area contributed by atoms with Crippen LogP contribution in [0.15, 0.2) is 59.1 Å². The van der Waals surface area contributed by atoms with E-state index >= 15 is 0 Å². The standard InChI is InChI=1S/C32H43F2N5O3/c1-5-10-39(11-6-2)30(41)24-17-32(31(35)42,21-37-19-24)28(15-23-12-25(33)16-26(34)13-23)29(40)20-36-18-22-8-7-9-27(14-22)38(3)4/h7-9,12-14,16-17,19,28-29,36,40H,5-6,10-11,15,18,20-21H2,1-4H3,(H2,35,42)/t28-,29+,32?/m1/s1. The van der Waals surface area contributed by atoms with Gasteiger partial charge in [-0.05, 0) is 54.7 Å². The minimum absolute atomic E-state index is 0.0579. The van der Waals surface area contributed by atoms with E-state index < -0.39 is 35.0 Å². The van der Waals surface area contributed by atoms with Crippen LogP contribution in [0.5, 0.6) is 0 Å². The average Bonchev–Trinajstić information content (AvgIpc) is 2.95. The van der Waals surface area contributed by atoms with Crippen molar-refractivity contribution in [2.24, 2.45) is 22.1 Å². The zero-order valence-electron chi connectivity index (χ0n) is 24.9. The number of nitrogens with one attached hydrogen (secondary N) is 1. The molecule has 0 fully saturated rings. The molecule has 228 valence electrons. The minimum atomic E-state index is -1.57. The highest BCUT2D eigenvalue weighted by molar-refractivity contribution is 6.13. The molecular weight excluding hydrogens is 540 g/mol. The van der Waals surface area contributed by atoms with Gasteiger partial charge in [0.1, 0.15) is 11.6 Å². The van der Waals surface area contributed by atoms with Crippen molar-refractivity contribution in [3.63, 3.8) is 0 Å². The van der Waals surface area contributed by atoms with Crippen molar-refractivity contribution in [3.05, 3.63) is 76.9 Å². The lowest BCUT2D eigenvalue weighted by atomic mass is 9.67. The highest BCUT2D eigenvalue weighted by Gasteiger charge is 2.47. The van der Waals surface area contributed by atoms with Gasteiger partial charge in [0.15, 0.2) is 0 Å². The fourth-order valence-corrected chi connectivity index (χ4v) is 5.46. The second-order valence-corrected chi connectivity index (χ2v) is 11.1. The van der Waals surface area contributed by atoms with Gasteiger partial charge in [0.05, 0.1) is 23.6 Å². The Morgan fingerprint density at radius 3 is 2.33 bits per heavy atom. The molecule has 0 aliphatic carbocycles. The summed E-state index contributed by atoms with van der Waals surface area (Å²) in [4.78, 5) is 34.7. The molecule has 1 heterocycles. The average molecular weight is 584 g/mol. The highest BCUT2D eigenvalue weighted by Crippen LogP contribution is 2.38. The summed E-state index contributed by atoms with van der Waals surface area (Å²) < 4.78 is 28.3. The SMILES string of the molecule is CCCN(CCC)C(=O)C1=CC(C(N)=O)([C@H](Cc2cc(F)cc(F)c2)[C@@H](O)CNCc2cccc(N(C)C)c2)CN=C1. The molecule has 3 atom stereocenters. The predicted molar refractivity (Wildman–Crippen MR) is 162 cm³/mol. The van der Waals surface area contributed by atoms with E-state index in [9.17, 15) is 23.5 Å². The fourth-order valence-electron chi connectivity index (χ4n) is 5.46. The monoisotopic (exact) mass is 583 g/mol. The van der Waals surface area contributed by atoms with Crippen molar-refractivity contribution in [1.82, 2.24) is 10.2 Å². The van der Waals surface area contributed by atoms with Gasteiger partial charge in [-0.15, -0.1) is 0 Å². The molecule has 1 aliphatic heterocycles. The molecular formula is C32H43F2N5O3. The van der Waals surface area contributed by atoms with Gasteiger partial charge in [0, 0.05) is 64.2 Å². The number of hydrogen-bond acceptors (Lipinski definition) is 6. The Morgan fingerprint density at radius 1 is 1.07 bits per heavy atom. The number of carbonyl (C=O) groups is 2. The molecule has 0 aromatic heterocycles. The molecule has 3 rings (SSSR count). The number of amides is 2. The van der Waals surface area contributed by atoms with Crippen molar-refractivity contribution in [2.75, 3.05) is 45.2 Å². The van der Waals surface area contributed by atoms with Crippen LogP contribution in [0.3, 0.4) is 0 Å². The number of aliphatic hydroxyl groups excluding tert-OH is 1. The molecule has 1 unspecified atom stereocenters. The number of nitrogens with zero attached hydrogens (tertiary/aromatic N) is 3. The Bertz CT molecular complexity index is 1270. The van der Waals surface area contributed by atoms with E-state index in [0.29, 0.717) is 19.6 Å². The number of aliphatic hydroxyl groups is 1. The van der Waals surface area contributed by atoms with Crippen LogP contribution >= 0.6 is 0 Å². The normalized spacial score (nSPS) is 17.8. The molecule has 4 N–H and O–H groups in total. The number of dihydropyridines is 1. The number of anilines is 1. The molecule has 0 saturated heterocycles. The smallest absolute Gasteiger partial charge is 0.255 e. The summed E-state index contributed by atoms with van der Waals surface area (Å²) in [6.45, 7) is 5.41. The van der Waals surface area contributed by atoms with Crippen molar-refractivity contribution >= 4 is 23.7 Å². The van der Waals surface area contributed by atoms with Crippen LogP contribution in [0.4, 0.5) is 14.5 Å². The summed E-state index contributed by atoms with van der Waals surface area (Å²) in [7, 11) is 3.89. The summed E-state index contributed by atoms with van der Waals surface area (Å²) in [5.41, 5.74) is 6.91. The van der Waals surface area contributed by atoms with Crippen LogP contribution in [-0.4, -0.2) is 74.4 Å². The predicted octanol–water partition coefficient (Wildman–Crippen LogP) is 3.47. The van der Waals surface area contributed by atoms with Crippen LogP contribution < -0.4 is 16.0 Å². The zero-order valence-corrected chi connectivity index (χ0v) is 24.9. The van der Waals surface area contributed by atoms with Gasteiger partial charge < -0.3 is 26.0 Å². The van der Waals surface area contributed by atoms with Crippen LogP contribution in [0.1, 0.15) is 37.8 Å². The van der Waals surface area contributed by atoms with Crippen molar-refractivity contribution in [3.8, 4) is 0 Å². The summed E-state index contributed by atoms with van der Waals surface area (Å²) in [5, 5.41) is 14.8. The maximum atomic E-state index is 14.2. The Morgan fingerprint density at radius 2 is 1.74 bits per heavy atom. The van der Waals surface area contributed by atoms with Crippen molar-refractivity contribution in [2.45, 2.75) is 45.8 Å². The molecule has 0 spiro atoms. The number of hydrogen-bond donors (Lipinski definition) is 3. The van der Waals surface area contributed by atoms with Gasteiger partial charge in [-0.1, -0.05) is 32.1 Å². The Balaban J connectivity index is 1.96. The molecule has 0 bridgehead atoms. The lowest BCUT2D eigenvalue weighted by molar-refractivity contribution is -0.130. The third-order valence-corrected chi connectivity index (χ3v) is 7.59. The lowest BCUT2D eigenvalue weighted by Gasteiger charge is -2.40. The van der Waals surface area contributed by atoms with Gasteiger partial charge in [0.2, 0.25) is 5.91 Å². The van der Waals surface area contributed by atoms with Crippen LogP contribution in [0.25, 0.3) is 0 Å². The molecule has 2 aromatic rings. The molecule has 42 heavy (non-hydrogen) atoms. The van der Waals surface area contributed by atoms with Gasteiger partial charge in [0.25, 0.3) is 5.91 Å². The molecule has 0 radical (unpaired) electrons. The number of benzene rings is 2. The van der Waals surface area contributed by atoms with Gasteiger partial charge in [-0.25, -0.2) is 8.78 Å². The van der Waals surface area contributed by atoms with E-state index in [1.54, 1.807) is 4.90 Å². The van der Waals surface area contributed by atoms with Crippen molar-refractivity contribution in [1.29, 1.82) is 0 Å². The van der Waals surface area contributed by atoms with E-state index in [2.05, 4.69) is 10.3 Å². The maximum Gasteiger partial charge on any atom is 0.255 e. The third-order valence-electron chi connectivity index (χ3n) is 7.59. The van der Waals surface area contributed by atoms with Gasteiger partial charge >= 0.3 is 0 Å². The molecule has 2 amide bonds. The van der Waals surface area contributed by atoms with E-state index in [0.717, 1.165) is 30.2 Å². The molecule has 10 heteroatoms. The first kappa shape index (κ1) is 32.9. The number of carbonyl (C=O) groups excluding carboxylic acids is 2. The summed E-state index contributed by atoms with van der Waals surface area (Å²) in [6, 6.07) is 11.0. The number of primary amides is 1. The topological polar surface area (TPSA) is 111 Å². The minimum Gasteiger partial charge on any atom is -0.391 e. The molecule has 1 aliphatic rings. The van der Waals surface area contributed by atoms with Crippen LogP contribution in [0.2, 0.25) is 0 Å². The van der Waals surface area contributed by atoms with Gasteiger partial charge in [-0.3, -0.25) is 14.6 Å². The highest BCUT2D eigenvalue weighted by atomic mass is 19.1. The third kappa shape index (κ3) is 8.23. The van der Waals surface area contributed by atoms with Crippen molar-refractivity contribution < 1.29 is 23.5 Å². The first-order valence-electron chi connectivity index (χ1n) is 14.4. The summed E-state index contributed by atoms with van der Waals surface area (Å²) >= 11 is 0. The number of nitrogens with two attached hydrogens (primary N) is 1. The Hall–Kier alpha value is -3.63. The largest absolute Gasteiger partial charge is 0.391 e. The van der Waals surface area contributed by atoms with Gasteiger partial charge in [-0.2, -0.15) is 0 Å². The molecule has 2 aromatic carbocycles. The van der Waals surface area contributed by atoms with Crippen LogP contribution in [-0.2, 0) is 22.6 Å². The van der Waals surface area contributed by atoms with E-state index in [1.807, 2.05) is 57.1 Å². The lowest BCUT2D eigenvalue weighted by Crippen LogP contribution is -2.53. The van der Waals surface area contributed by atoms with E-state index in [-0.39, 0.29) is 36.6 Å². The quantitative estimate of drug-likeness (QED) is 0.297. The molecule has 8 nitrogen and oxygen atoms in total. The Labute approximate surface area is 247 Å². The van der Waals surface area contributed by atoms with E-state index in [4.69, 9.17) is 5.73 Å². The summed E-state index contributed by atoms with van der Waals surface area (Å²) in [5.74, 6) is -3.54. The molecule has 0 saturated carbocycles. The maximum absolute atomic E-state index is 14.2. The Kier molecular flexibility index (Phi) is 11.8. The van der Waals surface area contributed by atoms with Crippen LogP contribution in [0, 0.1) is 23.0 Å². The first-order valence-corrected chi connectivity index (χ1v) is 14.4. The van der Waals surface area contributed by atoms with E-state index in [1.165, 1.54) is 24.4 Å². The second-order valence-electron chi connectivity index (χ2n) is 11.1. The number of aliphatic imine (C=N–C) groups is 1. The first-order chi connectivity index (χ1) is 20.0. The summed E-state index contributed by atoms with van der Waals surface area (Å²) in [6.07, 6.45) is 3.21.